The average Bonchev–Trinajstić information content (AvgIpc) is 2.13. The van der Waals surface area contributed by atoms with Crippen molar-refractivity contribution in [3.63, 3.8) is 0 Å². The van der Waals surface area contributed by atoms with Crippen LogP contribution in [0.5, 0.6) is 0 Å². The van der Waals surface area contributed by atoms with Gasteiger partial charge in [-0.3, -0.25) is 0 Å². The van der Waals surface area contributed by atoms with Gasteiger partial charge in [-0.2, -0.15) is 0 Å². The summed E-state index contributed by atoms with van der Waals surface area (Å²) in [6, 6.07) is -0.856. The van der Waals surface area contributed by atoms with Crippen LogP contribution in [0.4, 0.5) is 0 Å². The summed E-state index contributed by atoms with van der Waals surface area (Å²) in [4.78, 5) is 10.1. The van der Waals surface area contributed by atoms with Gasteiger partial charge in [0.1, 0.15) is 6.10 Å². The van der Waals surface area contributed by atoms with E-state index in [2.05, 4.69) is 5.32 Å². The topological polar surface area (TPSA) is 69.6 Å². The van der Waals surface area contributed by atoms with Crippen molar-refractivity contribution in [2.75, 3.05) is 0 Å². The normalized spacial score (nSPS) is 32.1. The number of carbonyl (C=O) groups is 1. The fourth-order valence-electron chi connectivity index (χ4n) is 0.685. The number of carboxylic acid groups (broad SMARTS) is 1. The smallest absolute Gasteiger partial charge is 0.329 e. The van der Waals surface area contributed by atoms with Crippen LogP contribution in [0.2, 0.25) is 0 Å². The largest absolute Gasteiger partial charge is 0.480 e. The molecule has 0 saturated heterocycles. The Morgan fingerprint density at radius 1 is 1.67 bits per heavy atom. The standard InChI is InChI=1S/C5H7NO3/c7-3-1-2-6-4(3)5(8)9/h1-4,6-7H,(H,8,9). The van der Waals surface area contributed by atoms with Crippen LogP contribution in [0.1, 0.15) is 0 Å². The summed E-state index contributed by atoms with van der Waals surface area (Å²) < 4.78 is 0. The van der Waals surface area contributed by atoms with Crippen LogP contribution >= 0.6 is 0 Å². The molecule has 0 bridgehead atoms. The van der Waals surface area contributed by atoms with Crippen molar-refractivity contribution in [1.82, 2.24) is 5.32 Å². The Morgan fingerprint density at radius 2 is 2.33 bits per heavy atom. The molecule has 9 heavy (non-hydrogen) atoms. The van der Waals surface area contributed by atoms with Crippen LogP contribution < -0.4 is 5.32 Å². The maximum absolute atomic E-state index is 10.1. The molecular weight excluding hydrogens is 122 g/mol. The second kappa shape index (κ2) is 2.06. The van der Waals surface area contributed by atoms with Crippen molar-refractivity contribution in [3.8, 4) is 0 Å². The first kappa shape index (κ1) is 6.10. The molecular formula is C5H7NO3. The van der Waals surface area contributed by atoms with Gasteiger partial charge in [-0.1, -0.05) is 0 Å². The van der Waals surface area contributed by atoms with Gasteiger partial charge >= 0.3 is 5.97 Å². The number of carboxylic acids is 1. The fourth-order valence-corrected chi connectivity index (χ4v) is 0.685. The molecule has 0 radical (unpaired) electrons. The van der Waals surface area contributed by atoms with Crippen molar-refractivity contribution >= 4 is 5.97 Å². The molecule has 2 atom stereocenters. The Labute approximate surface area is 51.8 Å². The first-order valence-corrected chi connectivity index (χ1v) is 2.55. The van der Waals surface area contributed by atoms with Gasteiger partial charge in [-0.15, -0.1) is 0 Å². The van der Waals surface area contributed by atoms with E-state index in [1.54, 1.807) is 0 Å². The van der Waals surface area contributed by atoms with Gasteiger partial charge in [0.25, 0.3) is 0 Å². The fraction of sp³-hybridized carbons (Fsp3) is 0.400. The molecule has 0 aliphatic carbocycles. The zero-order valence-corrected chi connectivity index (χ0v) is 4.61. The van der Waals surface area contributed by atoms with Gasteiger partial charge in [0.15, 0.2) is 6.04 Å². The molecule has 0 amide bonds. The lowest BCUT2D eigenvalue weighted by Crippen LogP contribution is -2.38. The van der Waals surface area contributed by atoms with Crippen LogP contribution in [0, 0.1) is 0 Å². The van der Waals surface area contributed by atoms with Crippen molar-refractivity contribution < 1.29 is 15.0 Å². The van der Waals surface area contributed by atoms with E-state index in [4.69, 9.17) is 10.2 Å². The summed E-state index contributed by atoms with van der Waals surface area (Å²) in [6.45, 7) is 0. The molecule has 0 aromatic heterocycles. The van der Waals surface area contributed by atoms with Gasteiger partial charge in [-0.25, -0.2) is 4.79 Å². The van der Waals surface area contributed by atoms with Crippen molar-refractivity contribution in [2.24, 2.45) is 0 Å². The third kappa shape index (κ3) is 1.02. The van der Waals surface area contributed by atoms with E-state index < -0.39 is 18.1 Å². The minimum absolute atomic E-state index is 0.856. The van der Waals surface area contributed by atoms with E-state index in [1.807, 2.05) is 0 Å². The average molecular weight is 129 g/mol. The first-order valence-electron chi connectivity index (χ1n) is 2.55. The maximum Gasteiger partial charge on any atom is 0.329 e. The van der Waals surface area contributed by atoms with Gasteiger partial charge in [0.2, 0.25) is 0 Å². The molecule has 0 saturated carbocycles. The van der Waals surface area contributed by atoms with Crippen LogP contribution in [0.3, 0.4) is 0 Å². The Balaban J connectivity index is 2.55. The van der Waals surface area contributed by atoms with E-state index in [0.29, 0.717) is 0 Å². The lowest BCUT2D eigenvalue weighted by molar-refractivity contribution is -0.140. The molecule has 1 rings (SSSR count). The van der Waals surface area contributed by atoms with E-state index in [0.717, 1.165) is 0 Å². The SMILES string of the molecule is O=C(O)C1NC=CC1O. The quantitative estimate of drug-likeness (QED) is 0.421. The Kier molecular flexibility index (Phi) is 1.40. The van der Waals surface area contributed by atoms with Crippen LogP contribution in [-0.2, 0) is 4.79 Å². The highest BCUT2D eigenvalue weighted by Crippen LogP contribution is 2.01. The summed E-state index contributed by atoms with van der Waals surface area (Å²) in [7, 11) is 0. The van der Waals surface area contributed by atoms with Gasteiger partial charge in [0, 0.05) is 0 Å². The summed E-state index contributed by atoms with van der Waals surface area (Å²) in [5.74, 6) is -1.03. The zero-order chi connectivity index (χ0) is 6.85. The highest BCUT2D eigenvalue weighted by Gasteiger charge is 2.26. The predicted molar refractivity (Wildman–Crippen MR) is 29.7 cm³/mol. The third-order valence-corrected chi connectivity index (χ3v) is 1.18. The molecule has 3 N–H and O–H groups in total. The zero-order valence-electron chi connectivity index (χ0n) is 4.61. The molecule has 4 heteroatoms. The second-order valence-corrected chi connectivity index (χ2v) is 1.83. The van der Waals surface area contributed by atoms with Gasteiger partial charge < -0.3 is 15.5 Å². The molecule has 1 aliphatic heterocycles. The Hall–Kier alpha value is -1.03. The lowest BCUT2D eigenvalue weighted by atomic mass is 10.2. The minimum Gasteiger partial charge on any atom is -0.480 e. The summed E-state index contributed by atoms with van der Waals surface area (Å²) in [5, 5.41) is 19.6. The third-order valence-electron chi connectivity index (χ3n) is 1.18. The first-order chi connectivity index (χ1) is 4.22. The van der Waals surface area contributed by atoms with Crippen molar-refractivity contribution in [3.05, 3.63) is 12.3 Å². The summed E-state index contributed by atoms with van der Waals surface area (Å²) >= 11 is 0. The highest BCUT2D eigenvalue weighted by molar-refractivity contribution is 5.75. The number of rotatable bonds is 1. The molecule has 0 aromatic carbocycles. The molecule has 2 unspecified atom stereocenters. The lowest BCUT2D eigenvalue weighted by Gasteiger charge is -2.07. The van der Waals surface area contributed by atoms with E-state index in [-0.39, 0.29) is 0 Å². The van der Waals surface area contributed by atoms with Crippen molar-refractivity contribution in [1.29, 1.82) is 0 Å². The number of aliphatic hydroxyl groups excluding tert-OH is 1. The Morgan fingerprint density at radius 3 is 2.56 bits per heavy atom. The molecule has 0 fully saturated rings. The van der Waals surface area contributed by atoms with Crippen LogP contribution in [0.25, 0.3) is 0 Å². The molecule has 0 spiro atoms. The monoisotopic (exact) mass is 129 g/mol. The molecule has 4 nitrogen and oxygen atoms in total. The second-order valence-electron chi connectivity index (χ2n) is 1.83. The molecule has 1 heterocycles. The van der Waals surface area contributed by atoms with Crippen molar-refractivity contribution in [2.45, 2.75) is 12.1 Å². The molecule has 0 aromatic rings. The maximum atomic E-state index is 10.1. The van der Waals surface area contributed by atoms with Gasteiger partial charge in [-0.05, 0) is 12.3 Å². The summed E-state index contributed by atoms with van der Waals surface area (Å²) in [5.41, 5.74) is 0. The summed E-state index contributed by atoms with van der Waals surface area (Å²) in [6.07, 6.45) is 1.95. The minimum atomic E-state index is -1.03. The van der Waals surface area contributed by atoms with Crippen LogP contribution in [0.15, 0.2) is 12.3 Å². The van der Waals surface area contributed by atoms with Crippen LogP contribution in [-0.4, -0.2) is 28.3 Å². The number of aliphatic carboxylic acids is 1. The Bertz CT molecular complexity index is 154. The number of hydrogen-bond donors (Lipinski definition) is 3. The highest BCUT2D eigenvalue weighted by atomic mass is 16.4. The van der Waals surface area contributed by atoms with Gasteiger partial charge in [0.05, 0.1) is 0 Å². The number of aliphatic hydroxyl groups is 1. The number of nitrogens with one attached hydrogen (secondary N) is 1. The van der Waals surface area contributed by atoms with E-state index in [1.165, 1.54) is 12.3 Å². The predicted octanol–water partition coefficient (Wildman–Crippen LogP) is -1.08. The van der Waals surface area contributed by atoms with E-state index in [9.17, 15) is 4.79 Å². The van der Waals surface area contributed by atoms with E-state index >= 15 is 0 Å². The molecule has 50 valence electrons. The molecule has 1 aliphatic rings. The number of hydrogen-bond acceptors (Lipinski definition) is 3.